The van der Waals surface area contributed by atoms with Gasteiger partial charge in [0.05, 0.1) is 20.0 Å². The van der Waals surface area contributed by atoms with Crippen molar-refractivity contribution in [1.29, 1.82) is 0 Å². The zero-order chi connectivity index (χ0) is 31.7. The molecule has 246 valence electrons. The van der Waals surface area contributed by atoms with Crippen LogP contribution in [0.4, 0.5) is 26.3 Å². The average Bonchev–Trinajstić information content (AvgIpc) is 2.75. The summed E-state index contributed by atoms with van der Waals surface area (Å²) in [6, 6.07) is 0. The van der Waals surface area contributed by atoms with Gasteiger partial charge < -0.3 is 9.68 Å². The molecule has 0 atom stereocenters. The second-order valence-electron chi connectivity index (χ2n) is 8.81. The second kappa shape index (κ2) is 24.7. The average molecular weight is 756 g/mol. The van der Waals surface area contributed by atoms with E-state index in [-0.39, 0.29) is 117 Å². The number of nitrogens with zero attached hydrogens (tertiary/aromatic N) is 2. The van der Waals surface area contributed by atoms with Gasteiger partial charge in [-0.1, -0.05) is 90.9 Å². The SMILES string of the molecule is CCCCCCCCCCS(=O)(=O)[N-]S(=O)(=O)C(F)(F)F.CCCCCCCCS(=O)(=O)[N-]S(=O)(=O)C(F)(F)F.[H-].[K+].[K+]. The second-order valence-corrected chi connectivity index (χ2v) is 16.0. The van der Waals surface area contributed by atoms with E-state index in [1.54, 1.807) is 0 Å². The first-order valence-corrected chi connectivity index (χ1v) is 18.7. The number of hydrogen-bond acceptors (Lipinski definition) is 8. The van der Waals surface area contributed by atoms with Gasteiger partial charge in [0, 0.05) is 11.5 Å². The maximum Gasteiger partial charge on any atom is 1.00 e. The quantitative estimate of drug-likeness (QED) is 0.0996. The Kier molecular flexibility index (Phi) is 30.2. The van der Waals surface area contributed by atoms with Gasteiger partial charge in [-0.05, 0) is 12.8 Å². The van der Waals surface area contributed by atoms with E-state index in [4.69, 9.17) is 0 Å². The molecular formula is C20H39F6K2N2O8S4-. The first-order valence-electron chi connectivity index (χ1n) is 12.6. The molecule has 42 heavy (non-hydrogen) atoms. The van der Waals surface area contributed by atoms with Gasteiger partial charge in [0.1, 0.15) is 0 Å². The Hall–Kier alpha value is 2.57. The molecule has 0 bridgehead atoms. The number of sulfonamides is 4. The van der Waals surface area contributed by atoms with Gasteiger partial charge in [0.15, 0.2) is 20.0 Å². The van der Waals surface area contributed by atoms with Crippen LogP contribution in [0.3, 0.4) is 0 Å². The largest absolute Gasteiger partial charge is 1.00 e. The van der Waals surface area contributed by atoms with Gasteiger partial charge in [-0.15, -0.1) is 0 Å². The van der Waals surface area contributed by atoms with Gasteiger partial charge in [0.25, 0.3) is 0 Å². The molecule has 0 aliphatic rings. The summed E-state index contributed by atoms with van der Waals surface area (Å²) in [7, 11) is -21.2. The molecule has 0 saturated heterocycles. The van der Waals surface area contributed by atoms with Crippen molar-refractivity contribution in [1.82, 2.24) is 0 Å². The molecule has 0 rings (SSSR count). The molecule has 0 aromatic rings. The smallest absolute Gasteiger partial charge is 1.00 e. The van der Waals surface area contributed by atoms with E-state index in [1.807, 2.05) is 15.2 Å². The molecule has 0 unspecified atom stereocenters. The Bertz CT molecular complexity index is 1140. The fourth-order valence-corrected chi connectivity index (χ4v) is 7.74. The van der Waals surface area contributed by atoms with Crippen LogP contribution in [0.5, 0.6) is 0 Å². The number of alkyl halides is 6. The van der Waals surface area contributed by atoms with Crippen LogP contribution in [-0.4, -0.2) is 56.2 Å². The van der Waals surface area contributed by atoms with Crippen LogP contribution in [0.2, 0.25) is 0 Å². The molecule has 10 nitrogen and oxygen atoms in total. The number of rotatable bonds is 20. The molecule has 0 aromatic carbocycles. The topological polar surface area (TPSA) is 165 Å². The summed E-state index contributed by atoms with van der Waals surface area (Å²) in [4.78, 5) is 0. The fraction of sp³-hybridized carbons (Fsp3) is 1.00. The first-order chi connectivity index (χ1) is 18.0. The molecule has 0 aliphatic heterocycles. The van der Waals surface area contributed by atoms with Crippen molar-refractivity contribution in [3.05, 3.63) is 8.25 Å². The van der Waals surface area contributed by atoms with E-state index < -0.39 is 62.6 Å². The van der Waals surface area contributed by atoms with Crippen LogP contribution in [0, 0.1) is 0 Å². The zero-order valence-corrected chi connectivity index (χ0v) is 33.9. The molecule has 0 aliphatic carbocycles. The molecule has 0 aromatic heterocycles. The minimum absolute atomic E-state index is 0. The predicted molar refractivity (Wildman–Crippen MR) is 141 cm³/mol. The number of halogens is 6. The molecular weight excluding hydrogens is 717 g/mol. The Morgan fingerprint density at radius 2 is 0.667 bits per heavy atom. The van der Waals surface area contributed by atoms with Crippen molar-refractivity contribution in [2.75, 3.05) is 11.5 Å². The van der Waals surface area contributed by atoms with E-state index in [0.29, 0.717) is 12.8 Å². The summed E-state index contributed by atoms with van der Waals surface area (Å²) in [5.74, 6) is -1.37. The molecule has 0 N–H and O–H groups in total. The van der Waals surface area contributed by atoms with Crippen LogP contribution in [0.25, 0.3) is 8.25 Å². The van der Waals surface area contributed by atoms with E-state index in [2.05, 4.69) is 6.92 Å². The zero-order valence-electron chi connectivity index (χ0n) is 25.4. The number of unbranched alkanes of at least 4 members (excludes halogenated alkanes) is 12. The molecule has 0 heterocycles. The van der Waals surface area contributed by atoms with Crippen LogP contribution in [-0.2, 0) is 40.1 Å². The molecule has 0 amide bonds. The van der Waals surface area contributed by atoms with E-state index in [0.717, 1.165) is 64.2 Å². The Morgan fingerprint density at radius 3 is 0.881 bits per heavy atom. The molecule has 0 fully saturated rings. The van der Waals surface area contributed by atoms with Crippen molar-refractivity contribution in [2.45, 2.75) is 115 Å². The third kappa shape index (κ3) is 26.6. The third-order valence-electron chi connectivity index (χ3n) is 5.02. The monoisotopic (exact) mass is 755 g/mol. The fourth-order valence-electron chi connectivity index (χ4n) is 2.94. The van der Waals surface area contributed by atoms with Gasteiger partial charge in [-0.25, -0.2) is 33.7 Å². The summed E-state index contributed by atoms with van der Waals surface area (Å²) < 4.78 is 163. The third-order valence-corrected chi connectivity index (χ3v) is 11.2. The predicted octanol–water partition coefficient (Wildman–Crippen LogP) is 0.701. The summed E-state index contributed by atoms with van der Waals surface area (Å²) in [6.45, 7) is 4.09. The Labute approximate surface area is 333 Å². The number of hydrogen-bond donors (Lipinski definition) is 0. The van der Waals surface area contributed by atoms with Crippen LogP contribution >= 0.6 is 0 Å². The normalized spacial score (nSPS) is 13.0. The Balaban J connectivity index is -0.000000210. The van der Waals surface area contributed by atoms with Gasteiger partial charge >= 0.3 is 114 Å². The Morgan fingerprint density at radius 1 is 0.452 bits per heavy atom. The van der Waals surface area contributed by atoms with Crippen LogP contribution < -0.4 is 103 Å². The van der Waals surface area contributed by atoms with E-state index >= 15 is 0 Å². The van der Waals surface area contributed by atoms with Crippen molar-refractivity contribution >= 4 is 40.1 Å². The summed E-state index contributed by atoms with van der Waals surface area (Å²) in [5, 5.41) is 0. The minimum atomic E-state index is -5.98. The molecule has 0 saturated carbocycles. The van der Waals surface area contributed by atoms with E-state index in [1.165, 1.54) is 0 Å². The maximum atomic E-state index is 12.0. The van der Waals surface area contributed by atoms with Crippen molar-refractivity contribution in [3.8, 4) is 0 Å². The van der Waals surface area contributed by atoms with Crippen LogP contribution in [0.15, 0.2) is 0 Å². The van der Waals surface area contributed by atoms with E-state index in [9.17, 15) is 60.0 Å². The first kappa shape index (κ1) is 51.4. The molecule has 22 heteroatoms. The van der Waals surface area contributed by atoms with Crippen molar-refractivity contribution in [3.63, 3.8) is 0 Å². The standard InChI is InChI=1S/C11H21F3NO4S2.C9H17F3NO4S2.2K.H/c1-2-3-4-5-6-7-8-9-10-20(16,17)15-21(18,19)11(12,13)14;1-2-3-4-5-6-7-8-18(14,15)13-19(16,17)9(10,11)12;;;/h2-10H2,1H3;2-8H2,1H3;;;/q2*-1;2*+1;-1. The van der Waals surface area contributed by atoms with Crippen molar-refractivity contribution < 1.29 is 164 Å². The maximum absolute atomic E-state index is 12.0. The summed E-state index contributed by atoms with van der Waals surface area (Å²) in [6.07, 6.45) is 11.0. The molecule has 0 spiro atoms. The minimum Gasteiger partial charge on any atom is -1.00 e. The van der Waals surface area contributed by atoms with Crippen LogP contribution in [0.1, 0.15) is 105 Å². The van der Waals surface area contributed by atoms with Crippen molar-refractivity contribution in [2.24, 2.45) is 0 Å². The van der Waals surface area contributed by atoms with Gasteiger partial charge in [-0.2, -0.15) is 26.3 Å². The molecule has 0 radical (unpaired) electrons. The van der Waals surface area contributed by atoms with Gasteiger partial charge in [0.2, 0.25) is 0 Å². The van der Waals surface area contributed by atoms with Gasteiger partial charge in [-0.3, -0.25) is 0 Å². The summed E-state index contributed by atoms with van der Waals surface area (Å²) >= 11 is 0. The summed E-state index contributed by atoms with van der Waals surface area (Å²) in [5.41, 5.74) is -11.4.